The van der Waals surface area contributed by atoms with Crippen molar-refractivity contribution in [2.45, 2.75) is 6.42 Å². The molecule has 0 atom stereocenters. The van der Waals surface area contributed by atoms with Gasteiger partial charge in [-0.1, -0.05) is 36.4 Å². The van der Waals surface area contributed by atoms with E-state index in [9.17, 15) is 0 Å². The van der Waals surface area contributed by atoms with Gasteiger partial charge in [-0.3, -0.25) is 0 Å². The predicted molar refractivity (Wildman–Crippen MR) is 137 cm³/mol. The molecule has 0 unspecified atom stereocenters. The van der Waals surface area contributed by atoms with Crippen molar-refractivity contribution in [2.75, 3.05) is 11.5 Å². The predicted octanol–water partition coefficient (Wildman–Crippen LogP) is 7.55. The molecule has 4 aromatic rings. The Hall–Kier alpha value is -4.44. The van der Waals surface area contributed by atoms with E-state index < -0.39 is 0 Å². The van der Waals surface area contributed by atoms with Gasteiger partial charge in [0.25, 0.3) is 0 Å². The molecule has 0 saturated heterocycles. The van der Waals surface area contributed by atoms with Gasteiger partial charge >= 0.3 is 0 Å². The van der Waals surface area contributed by atoms with E-state index in [0.29, 0.717) is 11.4 Å². The van der Waals surface area contributed by atoms with Crippen LogP contribution in [-0.2, 0) is 0 Å². The Labute approximate surface area is 194 Å². The van der Waals surface area contributed by atoms with Gasteiger partial charge < -0.3 is 20.9 Å². The Morgan fingerprint density at radius 2 is 1.00 bits per heavy atom. The van der Waals surface area contributed by atoms with E-state index >= 15 is 0 Å². The molecule has 0 saturated carbocycles. The van der Waals surface area contributed by atoms with Gasteiger partial charge in [-0.15, -0.1) is 6.58 Å². The first-order valence-electron chi connectivity index (χ1n) is 10.7. The van der Waals surface area contributed by atoms with Crippen LogP contribution in [0.2, 0.25) is 0 Å². The molecule has 4 aromatic carbocycles. The molecule has 4 N–H and O–H groups in total. The Balaban J connectivity index is 1.47. The van der Waals surface area contributed by atoms with Gasteiger partial charge in [0, 0.05) is 11.4 Å². The summed E-state index contributed by atoms with van der Waals surface area (Å²) < 4.78 is 11.8. The number of anilines is 2. The van der Waals surface area contributed by atoms with Crippen LogP contribution in [0.15, 0.2) is 110 Å². The van der Waals surface area contributed by atoms with Crippen LogP contribution in [0.1, 0.15) is 17.5 Å². The fourth-order valence-electron chi connectivity index (χ4n) is 3.33. The van der Waals surface area contributed by atoms with Gasteiger partial charge in [-0.25, -0.2) is 0 Å². The second kappa shape index (κ2) is 10.2. The largest absolute Gasteiger partial charge is 0.457 e. The normalized spacial score (nSPS) is 11.1. The minimum atomic E-state index is 0.710. The molecular formula is C29H26N2O2. The van der Waals surface area contributed by atoms with E-state index in [2.05, 4.69) is 24.8 Å². The van der Waals surface area contributed by atoms with Crippen LogP contribution in [0.25, 0.3) is 11.6 Å². The number of hydrogen-bond acceptors (Lipinski definition) is 4. The number of nitrogens with two attached hydrogens (primary N) is 2. The van der Waals surface area contributed by atoms with Crippen LogP contribution in [0.5, 0.6) is 23.0 Å². The number of ether oxygens (including phenoxy) is 2. The minimum Gasteiger partial charge on any atom is -0.457 e. The highest BCUT2D eigenvalue weighted by atomic mass is 16.5. The van der Waals surface area contributed by atoms with Crippen molar-refractivity contribution in [3.05, 3.63) is 121 Å². The van der Waals surface area contributed by atoms with Crippen LogP contribution >= 0.6 is 0 Å². The average Bonchev–Trinajstić information content (AvgIpc) is 2.83. The molecule has 0 heterocycles. The highest BCUT2D eigenvalue weighted by molar-refractivity contribution is 5.82. The first-order chi connectivity index (χ1) is 16.1. The summed E-state index contributed by atoms with van der Waals surface area (Å²) in [5, 5.41) is 0. The quantitative estimate of drug-likeness (QED) is 0.171. The molecule has 4 heteroatoms. The van der Waals surface area contributed by atoms with E-state index in [1.54, 1.807) is 0 Å². The Bertz CT molecular complexity index is 1230. The van der Waals surface area contributed by atoms with E-state index in [-0.39, 0.29) is 0 Å². The van der Waals surface area contributed by atoms with Crippen molar-refractivity contribution in [3.63, 3.8) is 0 Å². The summed E-state index contributed by atoms with van der Waals surface area (Å²) in [6, 6.07) is 30.7. The fraction of sp³-hybridized carbons (Fsp3) is 0.0345. The van der Waals surface area contributed by atoms with E-state index in [4.69, 9.17) is 20.9 Å². The topological polar surface area (TPSA) is 70.5 Å². The van der Waals surface area contributed by atoms with Crippen molar-refractivity contribution >= 4 is 23.0 Å². The summed E-state index contributed by atoms with van der Waals surface area (Å²) in [6.07, 6.45) is 4.82. The van der Waals surface area contributed by atoms with Crippen molar-refractivity contribution < 1.29 is 9.47 Å². The summed E-state index contributed by atoms with van der Waals surface area (Å²) in [6.45, 7) is 3.91. The average molecular weight is 435 g/mol. The molecular weight excluding hydrogens is 408 g/mol. The number of benzene rings is 4. The maximum absolute atomic E-state index is 5.90. The summed E-state index contributed by atoms with van der Waals surface area (Å²) in [4.78, 5) is 0. The smallest absolute Gasteiger partial charge is 0.127 e. The van der Waals surface area contributed by atoms with Crippen molar-refractivity contribution in [1.82, 2.24) is 0 Å². The van der Waals surface area contributed by atoms with Crippen LogP contribution in [0.4, 0.5) is 11.4 Å². The van der Waals surface area contributed by atoms with Gasteiger partial charge in [0.15, 0.2) is 0 Å². The molecule has 33 heavy (non-hydrogen) atoms. The molecule has 0 aromatic heterocycles. The monoisotopic (exact) mass is 434 g/mol. The number of nitrogen functional groups attached to an aromatic ring is 2. The molecule has 164 valence electrons. The van der Waals surface area contributed by atoms with Gasteiger partial charge in [-0.2, -0.15) is 0 Å². The molecule has 0 fully saturated rings. The molecule has 4 rings (SSSR count). The molecule has 0 spiro atoms. The maximum Gasteiger partial charge on any atom is 0.127 e. The molecule has 0 aliphatic heterocycles. The lowest BCUT2D eigenvalue weighted by atomic mass is 9.99. The molecule has 0 bridgehead atoms. The third-order valence-corrected chi connectivity index (χ3v) is 5.04. The van der Waals surface area contributed by atoms with Crippen LogP contribution in [0, 0.1) is 0 Å². The standard InChI is InChI=1S/C29H26N2O2/c1-2-3-23(22-6-14-27(15-7-22)33-29-18-10-25(31)11-19-29)20-21-4-12-26(13-5-21)32-28-16-8-24(30)9-17-28/h2,4-20H,1,3,30-31H2. The molecule has 4 nitrogen and oxygen atoms in total. The number of hydrogen-bond donors (Lipinski definition) is 2. The Kier molecular flexibility index (Phi) is 6.76. The first-order valence-corrected chi connectivity index (χ1v) is 10.7. The molecule has 0 aliphatic rings. The van der Waals surface area contributed by atoms with E-state index in [1.807, 2.05) is 91.0 Å². The Morgan fingerprint density at radius 3 is 1.42 bits per heavy atom. The number of rotatable bonds is 8. The third-order valence-electron chi connectivity index (χ3n) is 5.04. The first kappa shape index (κ1) is 21.8. The molecule has 0 amide bonds. The van der Waals surface area contributed by atoms with Gasteiger partial charge in [0.2, 0.25) is 0 Å². The zero-order valence-electron chi connectivity index (χ0n) is 18.3. The highest BCUT2D eigenvalue weighted by Gasteiger charge is 2.04. The van der Waals surface area contributed by atoms with Crippen molar-refractivity contribution in [3.8, 4) is 23.0 Å². The molecule has 0 aliphatic carbocycles. The van der Waals surface area contributed by atoms with Crippen molar-refractivity contribution in [1.29, 1.82) is 0 Å². The van der Waals surface area contributed by atoms with Crippen LogP contribution in [-0.4, -0.2) is 0 Å². The third kappa shape index (κ3) is 6.05. The summed E-state index contributed by atoms with van der Waals surface area (Å²) in [5.74, 6) is 3.04. The van der Waals surface area contributed by atoms with E-state index in [1.165, 1.54) is 0 Å². The highest BCUT2D eigenvalue weighted by Crippen LogP contribution is 2.28. The second-order valence-corrected chi connectivity index (χ2v) is 7.60. The zero-order valence-corrected chi connectivity index (χ0v) is 18.3. The Morgan fingerprint density at radius 1 is 0.606 bits per heavy atom. The fourth-order valence-corrected chi connectivity index (χ4v) is 3.33. The van der Waals surface area contributed by atoms with Crippen LogP contribution in [0.3, 0.4) is 0 Å². The molecule has 0 radical (unpaired) electrons. The van der Waals surface area contributed by atoms with Crippen molar-refractivity contribution in [2.24, 2.45) is 0 Å². The summed E-state index contributed by atoms with van der Waals surface area (Å²) >= 11 is 0. The van der Waals surface area contributed by atoms with Crippen LogP contribution < -0.4 is 20.9 Å². The minimum absolute atomic E-state index is 0.710. The van der Waals surface area contributed by atoms with Gasteiger partial charge in [-0.05, 0) is 95.9 Å². The summed E-state index contributed by atoms with van der Waals surface area (Å²) in [5.41, 5.74) is 16.2. The van der Waals surface area contributed by atoms with Gasteiger partial charge in [0.05, 0.1) is 0 Å². The number of allylic oxidation sites excluding steroid dienone is 2. The lowest BCUT2D eigenvalue weighted by Crippen LogP contribution is -1.89. The SMILES string of the molecule is C=CCC(=Cc1ccc(Oc2ccc(N)cc2)cc1)c1ccc(Oc2ccc(N)cc2)cc1. The lowest BCUT2D eigenvalue weighted by Gasteiger charge is -2.10. The lowest BCUT2D eigenvalue weighted by molar-refractivity contribution is 0.482. The zero-order chi connectivity index (χ0) is 23.0. The van der Waals surface area contributed by atoms with Gasteiger partial charge in [0.1, 0.15) is 23.0 Å². The second-order valence-electron chi connectivity index (χ2n) is 7.60. The summed E-state index contributed by atoms with van der Waals surface area (Å²) in [7, 11) is 0. The van der Waals surface area contributed by atoms with E-state index in [0.717, 1.165) is 46.1 Å². The maximum atomic E-state index is 5.90.